The van der Waals surface area contributed by atoms with Crippen LogP contribution in [-0.4, -0.2) is 29.4 Å². The molecule has 0 atom stereocenters. The Labute approximate surface area is 105 Å². The van der Waals surface area contributed by atoms with Gasteiger partial charge in [-0.15, -0.1) is 0 Å². The minimum absolute atomic E-state index is 0.0317. The third kappa shape index (κ3) is 5.38. The van der Waals surface area contributed by atoms with Gasteiger partial charge in [-0.2, -0.15) is 11.8 Å². The van der Waals surface area contributed by atoms with Crippen molar-refractivity contribution in [2.24, 2.45) is 5.73 Å². The number of rotatable bonds is 4. The summed E-state index contributed by atoms with van der Waals surface area (Å²) in [6, 6.07) is 5.32. The van der Waals surface area contributed by atoms with Crippen LogP contribution in [0.3, 0.4) is 0 Å². The topological polar surface area (TPSA) is 68.0 Å². The fraction of sp³-hybridized carbons (Fsp3) is 0.333. The second kappa shape index (κ2) is 7.71. The first-order chi connectivity index (χ1) is 8.26. The summed E-state index contributed by atoms with van der Waals surface area (Å²) >= 11 is 1.64. The van der Waals surface area contributed by atoms with Crippen LogP contribution in [0.5, 0.6) is 0 Å². The van der Waals surface area contributed by atoms with Gasteiger partial charge in [0.05, 0.1) is 6.54 Å². The van der Waals surface area contributed by atoms with Crippen molar-refractivity contribution in [3.05, 3.63) is 23.9 Å². The number of hydrogen-bond acceptors (Lipinski definition) is 4. The van der Waals surface area contributed by atoms with Crippen molar-refractivity contribution in [3.8, 4) is 11.8 Å². The molecular weight excluding hydrogens is 234 g/mol. The van der Waals surface area contributed by atoms with Gasteiger partial charge in [-0.25, -0.2) is 4.98 Å². The minimum atomic E-state index is -0.0317. The predicted octanol–water partition coefficient (Wildman–Crippen LogP) is 1.08. The van der Waals surface area contributed by atoms with E-state index in [9.17, 15) is 4.79 Å². The molecule has 1 amide bonds. The Kier molecular flexibility index (Phi) is 6.15. The Bertz CT molecular complexity index is 437. The van der Waals surface area contributed by atoms with E-state index in [0.29, 0.717) is 24.5 Å². The average molecular weight is 249 g/mol. The summed E-state index contributed by atoms with van der Waals surface area (Å²) in [5.74, 6) is 6.84. The van der Waals surface area contributed by atoms with Crippen LogP contribution >= 0.6 is 11.8 Å². The van der Waals surface area contributed by atoms with Crippen LogP contribution < -0.4 is 11.1 Å². The molecule has 0 unspecified atom stereocenters. The van der Waals surface area contributed by atoms with Crippen molar-refractivity contribution in [2.75, 3.05) is 23.9 Å². The van der Waals surface area contributed by atoms with E-state index in [0.717, 1.165) is 5.75 Å². The second-order valence-corrected chi connectivity index (χ2v) is 4.19. The van der Waals surface area contributed by atoms with Crippen molar-refractivity contribution in [3.63, 3.8) is 0 Å². The van der Waals surface area contributed by atoms with Crippen LogP contribution in [0.1, 0.15) is 12.1 Å². The zero-order chi connectivity index (χ0) is 12.5. The summed E-state index contributed by atoms with van der Waals surface area (Å²) in [5.41, 5.74) is 5.89. The third-order valence-electron chi connectivity index (χ3n) is 1.87. The lowest BCUT2D eigenvalue weighted by Crippen LogP contribution is -2.13. The maximum Gasteiger partial charge on any atom is 0.226 e. The number of hydrogen-bond donors (Lipinski definition) is 2. The monoisotopic (exact) mass is 249 g/mol. The number of thioether (sulfide) groups is 1. The highest BCUT2D eigenvalue weighted by Crippen LogP contribution is 2.05. The van der Waals surface area contributed by atoms with Crippen molar-refractivity contribution < 1.29 is 4.79 Å². The van der Waals surface area contributed by atoms with E-state index in [-0.39, 0.29) is 5.91 Å². The quantitative estimate of drug-likeness (QED) is 0.784. The van der Waals surface area contributed by atoms with E-state index >= 15 is 0 Å². The first-order valence-electron chi connectivity index (χ1n) is 5.21. The second-order valence-electron chi connectivity index (χ2n) is 3.20. The molecule has 1 aromatic rings. The van der Waals surface area contributed by atoms with Gasteiger partial charge < -0.3 is 11.1 Å². The molecule has 0 aliphatic rings. The molecule has 4 nitrogen and oxygen atoms in total. The smallest absolute Gasteiger partial charge is 0.226 e. The summed E-state index contributed by atoms with van der Waals surface area (Å²) in [4.78, 5) is 15.7. The Morgan fingerprint density at radius 1 is 1.59 bits per heavy atom. The molecule has 0 saturated heterocycles. The highest BCUT2D eigenvalue weighted by molar-refractivity contribution is 7.98. The molecule has 17 heavy (non-hydrogen) atoms. The molecule has 1 heterocycles. The van der Waals surface area contributed by atoms with Crippen molar-refractivity contribution in [1.29, 1.82) is 0 Å². The number of pyridine rings is 1. The zero-order valence-electron chi connectivity index (χ0n) is 9.69. The Morgan fingerprint density at radius 3 is 3.12 bits per heavy atom. The lowest BCUT2D eigenvalue weighted by Gasteiger charge is -2.03. The lowest BCUT2D eigenvalue weighted by molar-refractivity contribution is -0.115. The number of nitrogens with zero attached hydrogens (tertiary/aromatic N) is 1. The van der Waals surface area contributed by atoms with Crippen molar-refractivity contribution in [2.45, 2.75) is 6.42 Å². The number of amides is 1. The summed E-state index contributed by atoms with van der Waals surface area (Å²) in [6.07, 6.45) is 2.45. The van der Waals surface area contributed by atoms with E-state index in [1.165, 1.54) is 0 Å². The molecule has 0 fully saturated rings. The highest BCUT2D eigenvalue weighted by Gasteiger charge is 2.02. The van der Waals surface area contributed by atoms with Gasteiger partial charge in [-0.05, 0) is 24.3 Å². The van der Waals surface area contributed by atoms with Gasteiger partial charge in [0.15, 0.2) is 0 Å². The maximum atomic E-state index is 11.5. The van der Waals surface area contributed by atoms with Gasteiger partial charge in [0, 0.05) is 12.2 Å². The maximum absolute atomic E-state index is 11.5. The van der Waals surface area contributed by atoms with Gasteiger partial charge in [0.1, 0.15) is 11.5 Å². The van der Waals surface area contributed by atoms with Crippen LogP contribution in [0, 0.1) is 11.8 Å². The molecule has 5 heteroatoms. The minimum Gasteiger partial charge on any atom is -0.320 e. The number of carbonyl (C=O) groups excluding carboxylic acids is 1. The van der Waals surface area contributed by atoms with Gasteiger partial charge in [-0.1, -0.05) is 12.0 Å². The first-order valence-corrected chi connectivity index (χ1v) is 6.60. The van der Waals surface area contributed by atoms with Crippen LogP contribution in [-0.2, 0) is 4.79 Å². The molecule has 0 aliphatic carbocycles. The number of carbonyl (C=O) groups is 1. The van der Waals surface area contributed by atoms with Gasteiger partial charge >= 0.3 is 0 Å². The SMILES string of the molecule is CSCCC(=O)Nc1cccc(C#CCN)n1. The lowest BCUT2D eigenvalue weighted by atomic mass is 10.3. The molecule has 0 saturated carbocycles. The number of nitrogens with one attached hydrogen (secondary N) is 1. The number of anilines is 1. The molecule has 1 aromatic heterocycles. The largest absolute Gasteiger partial charge is 0.320 e. The Hall–Kier alpha value is -1.51. The fourth-order valence-corrected chi connectivity index (χ4v) is 1.51. The Morgan fingerprint density at radius 2 is 2.41 bits per heavy atom. The van der Waals surface area contributed by atoms with Crippen LogP contribution in [0.2, 0.25) is 0 Å². The summed E-state index contributed by atoms with van der Waals surface area (Å²) in [6.45, 7) is 0.298. The van der Waals surface area contributed by atoms with Crippen molar-refractivity contribution in [1.82, 2.24) is 4.98 Å². The third-order valence-corrected chi connectivity index (χ3v) is 2.48. The van der Waals surface area contributed by atoms with E-state index in [2.05, 4.69) is 22.1 Å². The molecule has 90 valence electrons. The number of aromatic nitrogens is 1. The standard InChI is InChI=1S/C12H15N3OS/c1-17-9-7-12(16)15-11-6-2-4-10(14-11)5-3-8-13/h2,4,6H,7-9,13H2,1H3,(H,14,15,16). The Balaban J connectivity index is 2.62. The van der Waals surface area contributed by atoms with Gasteiger partial charge in [0.2, 0.25) is 5.91 Å². The summed E-state index contributed by atoms with van der Waals surface area (Å²) in [5, 5.41) is 2.73. The molecule has 0 radical (unpaired) electrons. The van der Waals surface area contributed by atoms with E-state index < -0.39 is 0 Å². The fourth-order valence-electron chi connectivity index (χ4n) is 1.12. The molecule has 0 bridgehead atoms. The van der Waals surface area contributed by atoms with Crippen LogP contribution in [0.4, 0.5) is 5.82 Å². The summed E-state index contributed by atoms with van der Waals surface area (Å²) < 4.78 is 0. The molecule has 0 spiro atoms. The average Bonchev–Trinajstić information content (AvgIpc) is 2.34. The van der Waals surface area contributed by atoms with Crippen molar-refractivity contribution >= 4 is 23.5 Å². The van der Waals surface area contributed by atoms with Crippen LogP contribution in [0.15, 0.2) is 18.2 Å². The first kappa shape index (κ1) is 13.6. The van der Waals surface area contributed by atoms with E-state index in [4.69, 9.17) is 5.73 Å². The molecule has 0 aliphatic heterocycles. The summed E-state index contributed by atoms with van der Waals surface area (Å²) in [7, 11) is 0. The molecular formula is C12H15N3OS. The normalized spacial score (nSPS) is 9.29. The zero-order valence-corrected chi connectivity index (χ0v) is 10.5. The molecule has 1 rings (SSSR count). The van der Waals surface area contributed by atoms with Gasteiger partial charge in [-0.3, -0.25) is 4.79 Å². The van der Waals surface area contributed by atoms with E-state index in [1.807, 2.05) is 6.26 Å². The predicted molar refractivity (Wildman–Crippen MR) is 71.8 cm³/mol. The van der Waals surface area contributed by atoms with Crippen LogP contribution in [0.25, 0.3) is 0 Å². The van der Waals surface area contributed by atoms with Gasteiger partial charge in [0.25, 0.3) is 0 Å². The van der Waals surface area contributed by atoms with E-state index in [1.54, 1.807) is 30.0 Å². The molecule has 3 N–H and O–H groups in total. The number of nitrogens with two attached hydrogens (primary N) is 1. The molecule has 0 aromatic carbocycles. The highest BCUT2D eigenvalue weighted by atomic mass is 32.2.